The van der Waals surface area contributed by atoms with Gasteiger partial charge >= 0.3 is 17.9 Å². The van der Waals surface area contributed by atoms with Crippen molar-refractivity contribution in [2.24, 2.45) is 11.3 Å². The van der Waals surface area contributed by atoms with Crippen molar-refractivity contribution >= 4 is 17.9 Å². The highest BCUT2D eigenvalue weighted by Gasteiger charge is 2.74. The molecule has 0 radical (unpaired) electrons. The molecule has 3 aliphatic rings. The van der Waals surface area contributed by atoms with Gasteiger partial charge in [-0.15, -0.1) is 0 Å². The van der Waals surface area contributed by atoms with Gasteiger partial charge in [0.1, 0.15) is 16.6 Å². The fourth-order valence-electron chi connectivity index (χ4n) is 5.12. The molecule has 29 heavy (non-hydrogen) atoms. The van der Waals surface area contributed by atoms with Crippen LogP contribution in [-0.4, -0.2) is 44.9 Å². The van der Waals surface area contributed by atoms with Gasteiger partial charge in [-0.05, 0) is 52.5 Å². The first-order valence-corrected chi connectivity index (χ1v) is 9.83. The zero-order valence-electron chi connectivity index (χ0n) is 17.2. The highest BCUT2D eigenvalue weighted by molar-refractivity contribution is 5.86. The van der Waals surface area contributed by atoms with Crippen molar-refractivity contribution in [1.29, 1.82) is 0 Å². The molecule has 1 saturated carbocycles. The first kappa shape index (κ1) is 21.3. The zero-order valence-corrected chi connectivity index (χ0v) is 17.2. The average molecular weight is 404 g/mol. The van der Waals surface area contributed by atoms with Crippen LogP contribution < -0.4 is 0 Å². The Balaban J connectivity index is 2.10. The van der Waals surface area contributed by atoms with Gasteiger partial charge < -0.3 is 19.7 Å². The van der Waals surface area contributed by atoms with E-state index in [0.717, 1.165) is 0 Å². The van der Waals surface area contributed by atoms with Gasteiger partial charge in [0.15, 0.2) is 0 Å². The summed E-state index contributed by atoms with van der Waals surface area (Å²) in [5, 5.41) is 19.6. The summed E-state index contributed by atoms with van der Waals surface area (Å²) in [6.07, 6.45) is 9.63. The second kappa shape index (κ2) is 6.83. The summed E-state index contributed by atoms with van der Waals surface area (Å²) in [4.78, 5) is 36.4. The average Bonchev–Trinajstić information content (AvgIpc) is 2.80. The molecule has 5 atom stereocenters. The lowest BCUT2D eigenvalue weighted by atomic mass is 9.63. The first-order valence-electron chi connectivity index (χ1n) is 9.83. The van der Waals surface area contributed by atoms with Crippen LogP contribution in [0.3, 0.4) is 0 Å². The van der Waals surface area contributed by atoms with Gasteiger partial charge in [0.25, 0.3) is 0 Å². The third-order valence-corrected chi connectivity index (χ3v) is 6.68. The number of cyclic esters (lactones) is 1. The van der Waals surface area contributed by atoms with Crippen molar-refractivity contribution < 1.29 is 34.1 Å². The van der Waals surface area contributed by atoms with Gasteiger partial charge in [-0.1, -0.05) is 24.3 Å². The van der Waals surface area contributed by atoms with E-state index in [1.54, 1.807) is 38.2 Å². The molecule has 0 spiro atoms. The quantitative estimate of drug-likeness (QED) is 0.321. The maximum Gasteiger partial charge on any atom is 0.331 e. The molecule has 0 amide bonds. The third-order valence-electron chi connectivity index (χ3n) is 6.68. The van der Waals surface area contributed by atoms with Crippen molar-refractivity contribution in [2.75, 3.05) is 0 Å². The summed E-state index contributed by atoms with van der Waals surface area (Å²) in [5.41, 5.74) is -4.31. The molecule has 2 N–H and O–H groups in total. The molecule has 7 heteroatoms. The Morgan fingerprint density at radius 3 is 2.52 bits per heavy atom. The van der Waals surface area contributed by atoms with Gasteiger partial charge in [0.05, 0.1) is 5.60 Å². The summed E-state index contributed by atoms with van der Waals surface area (Å²) in [6.45, 7) is 6.21. The van der Waals surface area contributed by atoms with Gasteiger partial charge in [0, 0.05) is 18.4 Å². The standard InChI is InChI=1S/C22H28O7/c1-14(17(24)25)6-5-8-20(4)16-7-9-21(18(26)29-20)12-10-19(3,27)11-13-22(16,21)28-15(2)23/h5-6,8,10,12,16,27H,7,9,11,13H2,1-4H3,(H,24,25)/b8-5+,14-6+/t16-,19+,20+,21-,22-/m0/s1. The van der Waals surface area contributed by atoms with Crippen molar-refractivity contribution in [2.45, 2.75) is 70.2 Å². The maximum atomic E-state index is 13.3. The van der Waals surface area contributed by atoms with Crippen molar-refractivity contribution in [1.82, 2.24) is 0 Å². The monoisotopic (exact) mass is 404 g/mol. The molecular formula is C22H28O7. The number of aliphatic carboxylic acids is 1. The van der Waals surface area contributed by atoms with Crippen LogP contribution in [0.2, 0.25) is 0 Å². The number of ether oxygens (including phenoxy) is 2. The molecule has 0 aromatic carbocycles. The van der Waals surface area contributed by atoms with Crippen LogP contribution in [0.15, 0.2) is 36.0 Å². The molecule has 7 nitrogen and oxygen atoms in total. The molecule has 0 unspecified atom stereocenters. The number of carboxylic acids is 1. The van der Waals surface area contributed by atoms with E-state index >= 15 is 0 Å². The Labute approximate surface area is 170 Å². The van der Waals surface area contributed by atoms with Crippen LogP contribution in [0.25, 0.3) is 0 Å². The Hall–Kier alpha value is -2.41. The molecule has 1 aliphatic heterocycles. The van der Waals surface area contributed by atoms with E-state index in [1.807, 2.05) is 0 Å². The second-order valence-electron chi connectivity index (χ2n) is 8.82. The van der Waals surface area contributed by atoms with Crippen molar-refractivity contribution in [3.8, 4) is 0 Å². The van der Waals surface area contributed by atoms with Crippen LogP contribution >= 0.6 is 0 Å². The van der Waals surface area contributed by atoms with E-state index in [-0.39, 0.29) is 11.5 Å². The predicted molar refractivity (Wildman–Crippen MR) is 104 cm³/mol. The number of rotatable bonds is 4. The van der Waals surface area contributed by atoms with E-state index in [0.29, 0.717) is 25.7 Å². The van der Waals surface area contributed by atoms with Crippen molar-refractivity contribution in [3.63, 3.8) is 0 Å². The summed E-state index contributed by atoms with van der Waals surface area (Å²) in [6, 6.07) is 0. The molecule has 0 aromatic rings. The van der Waals surface area contributed by atoms with E-state index in [9.17, 15) is 19.5 Å². The minimum Gasteiger partial charge on any atom is -0.478 e. The molecule has 3 rings (SSSR count). The molecule has 2 aliphatic carbocycles. The smallest absolute Gasteiger partial charge is 0.331 e. The fraction of sp³-hybridized carbons (Fsp3) is 0.591. The minimum atomic E-state index is -1.13. The predicted octanol–water partition coefficient (Wildman–Crippen LogP) is 2.69. The Kier molecular flexibility index (Phi) is 5.02. The SMILES string of the molecule is CC(=O)O[C@]12CC[C@](C)(O)C=C[C@]13CC[C@H]2[C@@](C)(/C=C/C=C(\C)C(=O)O)OC3=O. The van der Waals surface area contributed by atoms with Crippen LogP contribution in [0, 0.1) is 11.3 Å². The molecular weight excluding hydrogens is 376 g/mol. The Morgan fingerprint density at radius 1 is 1.21 bits per heavy atom. The molecule has 2 fully saturated rings. The number of carbonyl (C=O) groups is 3. The van der Waals surface area contributed by atoms with E-state index in [4.69, 9.17) is 14.6 Å². The molecule has 0 aromatic heterocycles. The zero-order chi connectivity index (χ0) is 21.7. The van der Waals surface area contributed by atoms with Crippen LogP contribution in [0.5, 0.6) is 0 Å². The van der Waals surface area contributed by atoms with Gasteiger partial charge in [0.2, 0.25) is 0 Å². The number of esters is 2. The van der Waals surface area contributed by atoms with E-state index < -0.39 is 40.1 Å². The molecule has 2 bridgehead atoms. The summed E-state index contributed by atoms with van der Waals surface area (Å²) >= 11 is 0. The number of hydrogen-bond donors (Lipinski definition) is 2. The number of hydrogen-bond acceptors (Lipinski definition) is 6. The first-order chi connectivity index (χ1) is 13.4. The number of allylic oxidation sites excluding steroid dienone is 2. The lowest BCUT2D eigenvalue weighted by Crippen LogP contribution is -2.65. The third kappa shape index (κ3) is 3.31. The molecule has 1 heterocycles. The van der Waals surface area contributed by atoms with Crippen LogP contribution in [0.1, 0.15) is 53.4 Å². The fourth-order valence-corrected chi connectivity index (χ4v) is 5.12. The highest BCUT2D eigenvalue weighted by Crippen LogP contribution is 2.64. The largest absolute Gasteiger partial charge is 0.478 e. The lowest BCUT2D eigenvalue weighted by molar-refractivity contribution is -0.228. The Morgan fingerprint density at radius 2 is 1.90 bits per heavy atom. The van der Waals surface area contributed by atoms with Gasteiger partial charge in [-0.3, -0.25) is 9.59 Å². The van der Waals surface area contributed by atoms with Crippen LogP contribution in [0.4, 0.5) is 0 Å². The summed E-state index contributed by atoms with van der Waals surface area (Å²) < 4.78 is 11.8. The topological polar surface area (TPSA) is 110 Å². The van der Waals surface area contributed by atoms with E-state index in [1.165, 1.54) is 19.9 Å². The maximum absolute atomic E-state index is 13.3. The number of carboxylic acid groups (broad SMARTS) is 1. The molecule has 158 valence electrons. The van der Waals surface area contributed by atoms with Gasteiger partial charge in [-0.25, -0.2) is 4.79 Å². The second-order valence-corrected chi connectivity index (χ2v) is 8.82. The van der Waals surface area contributed by atoms with Crippen LogP contribution in [-0.2, 0) is 23.9 Å². The lowest BCUT2D eigenvalue weighted by Gasteiger charge is -2.53. The number of aliphatic hydroxyl groups is 1. The van der Waals surface area contributed by atoms with Crippen molar-refractivity contribution in [3.05, 3.63) is 36.0 Å². The Bertz CT molecular complexity index is 836. The van der Waals surface area contributed by atoms with Gasteiger partial charge in [-0.2, -0.15) is 0 Å². The minimum absolute atomic E-state index is 0.149. The highest BCUT2D eigenvalue weighted by atomic mass is 16.6. The van der Waals surface area contributed by atoms with E-state index in [2.05, 4.69) is 0 Å². The number of carbonyl (C=O) groups excluding carboxylic acids is 2. The summed E-state index contributed by atoms with van der Waals surface area (Å²) in [5.74, 6) is -2.34. The molecule has 1 saturated heterocycles. The normalized spacial score (nSPS) is 41.6. The summed E-state index contributed by atoms with van der Waals surface area (Å²) in [7, 11) is 0.